The minimum Gasteiger partial charge on any atom is -0.456 e. The van der Waals surface area contributed by atoms with Crippen molar-refractivity contribution in [1.82, 2.24) is 0 Å². The number of ether oxygens (including phenoxy) is 1. The molecule has 0 saturated carbocycles. The molecule has 0 N–H and O–H groups in total. The Kier molecular flexibility index (Phi) is 4.43. The lowest BCUT2D eigenvalue weighted by Crippen LogP contribution is -2.24. The number of esters is 1. The van der Waals surface area contributed by atoms with Crippen molar-refractivity contribution < 1.29 is 14.5 Å². The van der Waals surface area contributed by atoms with Gasteiger partial charge in [0.25, 0.3) is 0 Å². The fourth-order valence-electron chi connectivity index (χ4n) is 1.42. The minimum atomic E-state index is -0.701. The number of nitrogens with zero attached hydrogens (tertiary/aromatic N) is 1. The topological polar surface area (TPSA) is 69.4 Å². The van der Waals surface area contributed by atoms with Crippen molar-refractivity contribution >= 4 is 11.5 Å². The van der Waals surface area contributed by atoms with E-state index in [1.54, 1.807) is 45.0 Å². The van der Waals surface area contributed by atoms with Crippen LogP contribution in [-0.4, -0.2) is 16.5 Å². The molecule has 0 aliphatic carbocycles. The Balaban J connectivity index is 3.13. The number of hydrogen-bond donors (Lipinski definition) is 0. The van der Waals surface area contributed by atoms with E-state index >= 15 is 0 Å². The Bertz CT molecular complexity index is 509. The zero-order valence-electron chi connectivity index (χ0n) is 11.5. The molecule has 0 fully saturated rings. The summed E-state index contributed by atoms with van der Waals surface area (Å²) in [6.07, 6.45) is 0.679. The molecule has 0 aliphatic rings. The molecule has 0 aliphatic heterocycles. The van der Waals surface area contributed by atoms with E-state index in [1.807, 2.05) is 6.92 Å². The minimum absolute atomic E-state index is 0.0556. The lowest BCUT2D eigenvalue weighted by Gasteiger charge is -2.20. The molecule has 5 nitrogen and oxygen atoms in total. The molecule has 0 saturated heterocycles. The summed E-state index contributed by atoms with van der Waals surface area (Å²) in [5.41, 5.74) is 0.724. The largest absolute Gasteiger partial charge is 0.456 e. The SMILES string of the molecule is Cc1ccc(C(=C[N+](=O)[O-])C(=O)OC(C)(C)C)cc1. The van der Waals surface area contributed by atoms with Crippen LogP contribution in [-0.2, 0) is 9.53 Å². The summed E-state index contributed by atoms with van der Waals surface area (Å²) in [6, 6.07) is 6.89. The number of carbonyl (C=O) groups excluding carboxylic acids is 1. The van der Waals surface area contributed by atoms with Crippen molar-refractivity contribution in [2.45, 2.75) is 33.3 Å². The molecular formula is C14H17NO4. The van der Waals surface area contributed by atoms with Gasteiger partial charge < -0.3 is 4.74 Å². The standard InChI is InChI=1S/C14H17NO4/c1-10-5-7-11(8-6-10)12(9-15(17)18)13(16)19-14(2,3)4/h5-9H,1-4H3. The summed E-state index contributed by atoms with van der Waals surface area (Å²) < 4.78 is 5.17. The van der Waals surface area contributed by atoms with Gasteiger partial charge in [-0.25, -0.2) is 4.79 Å². The van der Waals surface area contributed by atoms with Gasteiger partial charge in [0.15, 0.2) is 0 Å². The maximum absolute atomic E-state index is 12.0. The summed E-state index contributed by atoms with van der Waals surface area (Å²) in [6.45, 7) is 7.03. The fourth-order valence-corrected chi connectivity index (χ4v) is 1.42. The Morgan fingerprint density at radius 2 is 1.79 bits per heavy atom. The van der Waals surface area contributed by atoms with Crippen LogP contribution < -0.4 is 0 Å². The first-order chi connectivity index (χ1) is 8.69. The molecule has 102 valence electrons. The van der Waals surface area contributed by atoms with Gasteiger partial charge in [-0.1, -0.05) is 29.8 Å². The molecule has 0 bridgehead atoms. The second-order valence-corrected chi connectivity index (χ2v) is 5.20. The second-order valence-electron chi connectivity index (χ2n) is 5.20. The van der Waals surface area contributed by atoms with E-state index in [2.05, 4.69) is 0 Å². The highest BCUT2D eigenvalue weighted by atomic mass is 16.6. The van der Waals surface area contributed by atoms with Crippen LogP contribution in [0.1, 0.15) is 31.9 Å². The fraction of sp³-hybridized carbons (Fsp3) is 0.357. The zero-order chi connectivity index (χ0) is 14.6. The molecule has 0 aromatic heterocycles. The average Bonchev–Trinajstić information content (AvgIpc) is 2.24. The van der Waals surface area contributed by atoms with Crippen molar-refractivity contribution in [3.8, 4) is 0 Å². The van der Waals surface area contributed by atoms with Gasteiger partial charge in [0.05, 0.1) is 4.92 Å². The van der Waals surface area contributed by atoms with Gasteiger partial charge >= 0.3 is 5.97 Å². The molecule has 0 atom stereocenters. The van der Waals surface area contributed by atoms with Gasteiger partial charge in [0.2, 0.25) is 6.20 Å². The van der Waals surface area contributed by atoms with Crippen LogP contribution in [0.3, 0.4) is 0 Å². The van der Waals surface area contributed by atoms with E-state index in [0.29, 0.717) is 11.8 Å². The third kappa shape index (κ3) is 4.91. The lowest BCUT2D eigenvalue weighted by atomic mass is 10.0. The molecule has 0 unspecified atom stereocenters. The molecule has 5 heteroatoms. The van der Waals surface area contributed by atoms with E-state index in [0.717, 1.165) is 5.56 Å². The summed E-state index contributed by atoms with van der Waals surface area (Å²) in [7, 11) is 0. The average molecular weight is 263 g/mol. The molecule has 1 aromatic carbocycles. The van der Waals surface area contributed by atoms with Gasteiger partial charge in [0.1, 0.15) is 11.2 Å². The van der Waals surface area contributed by atoms with E-state index in [-0.39, 0.29) is 5.57 Å². The van der Waals surface area contributed by atoms with Crippen LogP contribution in [0, 0.1) is 17.0 Å². The van der Waals surface area contributed by atoms with Crippen LogP contribution in [0.4, 0.5) is 0 Å². The quantitative estimate of drug-likeness (QED) is 0.364. The molecular weight excluding hydrogens is 246 g/mol. The number of hydrogen-bond acceptors (Lipinski definition) is 4. The summed E-state index contributed by atoms with van der Waals surface area (Å²) in [5.74, 6) is -0.701. The summed E-state index contributed by atoms with van der Waals surface area (Å²) >= 11 is 0. The van der Waals surface area contributed by atoms with E-state index in [9.17, 15) is 14.9 Å². The Morgan fingerprint density at radius 3 is 2.21 bits per heavy atom. The monoisotopic (exact) mass is 263 g/mol. The van der Waals surface area contributed by atoms with Crippen LogP contribution >= 0.6 is 0 Å². The maximum atomic E-state index is 12.0. The summed E-state index contributed by atoms with van der Waals surface area (Å²) in [4.78, 5) is 22.0. The van der Waals surface area contributed by atoms with E-state index in [4.69, 9.17) is 4.74 Å². The molecule has 0 spiro atoms. The molecule has 0 heterocycles. The first-order valence-electron chi connectivity index (χ1n) is 5.85. The van der Waals surface area contributed by atoms with E-state index < -0.39 is 16.5 Å². The van der Waals surface area contributed by atoms with Gasteiger partial charge in [-0.05, 0) is 33.3 Å². The van der Waals surface area contributed by atoms with E-state index in [1.165, 1.54) is 0 Å². The first kappa shape index (κ1) is 14.9. The number of benzene rings is 1. The third-order valence-electron chi connectivity index (χ3n) is 2.22. The van der Waals surface area contributed by atoms with Crippen LogP contribution in [0.15, 0.2) is 30.5 Å². The molecule has 1 rings (SSSR count). The number of carbonyl (C=O) groups is 1. The molecule has 0 radical (unpaired) electrons. The second kappa shape index (κ2) is 5.65. The van der Waals surface area contributed by atoms with Crippen molar-refractivity contribution in [2.75, 3.05) is 0 Å². The van der Waals surface area contributed by atoms with Gasteiger partial charge in [-0.15, -0.1) is 0 Å². The highest BCUT2D eigenvalue weighted by Crippen LogP contribution is 2.20. The Morgan fingerprint density at radius 1 is 1.26 bits per heavy atom. The third-order valence-corrected chi connectivity index (χ3v) is 2.22. The number of nitro groups is 1. The predicted molar refractivity (Wildman–Crippen MR) is 72.0 cm³/mol. The van der Waals surface area contributed by atoms with Crippen molar-refractivity contribution in [1.29, 1.82) is 0 Å². The van der Waals surface area contributed by atoms with Gasteiger partial charge in [-0.2, -0.15) is 0 Å². The lowest BCUT2D eigenvalue weighted by molar-refractivity contribution is -0.401. The van der Waals surface area contributed by atoms with Crippen molar-refractivity contribution in [3.63, 3.8) is 0 Å². The highest BCUT2D eigenvalue weighted by molar-refractivity contribution is 6.16. The number of aryl methyl sites for hydroxylation is 1. The molecule has 1 aromatic rings. The van der Waals surface area contributed by atoms with Gasteiger partial charge in [-0.3, -0.25) is 10.1 Å². The van der Waals surface area contributed by atoms with Crippen LogP contribution in [0.5, 0.6) is 0 Å². The molecule has 19 heavy (non-hydrogen) atoms. The zero-order valence-corrected chi connectivity index (χ0v) is 11.5. The molecule has 0 amide bonds. The highest BCUT2D eigenvalue weighted by Gasteiger charge is 2.23. The maximum Gasteiger partial charge on any atom is 0.345 e. The Labute approximate surface area is 112 Å². The van der Waals surface area contributed by atoms with Crippen LogP contribution in [0.25, 0.3) is 5.57 Å². The number of rotatable bonds is 3. The van der Waals surface area contributed by atoms with Gasteiger partial charge in [0, 0.05) is 0 Å². The first-order valence-corrected chi connectivity index (χ1v) is 5.85. The van der Waals surface area contributed by atoms with Crippen LogP contribution in [0.2, 0.25) is 0 Å². The van der Waals surface area contributed by atoms with Crippen molar-refractivity contribution in [3.05, 3.63) is 51.7 Å². The predicted octanol–water partition coefficient (Wildman–Crippen LogP) is 2.95. The van der Waals surface area contributed by atoms with Crippen molar-refractivity contribution in [2.24, 2.45) is 0 Å². The summed E-state index contributed by atoms with van der Waals surface area (Å²) in [5, 5.41) is 10.6. The Hall–Kier alpha value is -2.17. The smallest absolute Gasteiger partial charge is 0.345 e. The normalized spacial score (nSPS) is 12.1.